The summed E-state index contributed by atoms with van der Waals surface area (Å²) >= 11 is 5.37. The number of nitrogens with zero attached hydrogens (tertiary/aromatic N) is 2. The second-order valence-electron chi connectivity index (χ2n) is 5.75. The van der Waals surface area contributed by atoms with Crippen molar-refractivity contribution in [3.8, 4) is 11.4 Å². The molecule has 0 atom stereocenters. The molecular weight excluding hydrogens is 348 g/mol. The summed E-state index contributed by atoms with van der Waals surface area (Å²) < 4.78 is 8.60. The predicted octanol–water partition coefficient (Wildman–Crippen LogP) is 3.30. The molecule has 0 aliphatic carbocycles. The topological polar surface area (TPSA) is 60.2 Å². The van der Waals surface area contributed by atoms with Crippen LogP contribution in [0.2, 0.25) is 0 Å². The molecule has 0 radical (unpaired) electrons. The molecule has 134 valence electrons. The summed E-state index contributed by atoms with van der Waals surface area (Å²) in [7, 11) is 3.45. The molecular formula is C19H20N4O2S. The minimum Gasteiger partial charge on any atom is -0.497 e. The van der Waals surface area contributed by atoms with Crippen LogP contribution in [0.5, 0.6) is 5.75 Å². The number of methoxy groups -OCH3 is 1. The van der Waals surface area contributed by atoms with Crippen molar-refractivity contribution in [3.05, 3.63) is 70.6 Å². The van der Waals surface area contributed by atoms with Gasteiger partial charge in [-0.05, 0) is 43.4 Å². The molecule has 2 N–H and O–H groups in total. The van der Waals surface area contributed by atoms with Gasteiger partial charge < -0.3 is 15.4 Å². The lowest BCUT2D eigenvalue weighted by Crippen LogP contribution is -2.25. The van der Waals surface area contributed by atoms with E-state index in [1.54, 1.807) is 16.5 Å². The number of thiocarbonyl (C=S) groups is 1. The highest BCUT2D eigenvalue weighted by atomic mass is 32.1. The number of anilines is 2. The van der Waals surface area contributed by atoms with Gasteiger partial charge in [0.1, 0.15) is 11.4 Å². The van der Waals surface area contributed by atoms with Crippen LogP contribution < -0.4 is 20.9 Å². The molecule has 0 saturated carbocycles. The van der Waals surface area contributed by atoms with E-state index in [1.165, 1.54) is 0 Å². The number of hydrogen-bond acceptors (Lipinski definition) is 3. The third-order valence-corrected chi connectivity index (χ3v) is 4.32. The first-order chi connectivity index (χ1) is 12.5. The lowest BCUT2D eigenvalue weighted by molar-refractivity contribution is 0.415. The number of ether oxygens (including phenoxy) is 1. The molecule has 3 aromatic rings. The highest BCUT2D eigenvalue weighted by Crippen LogP contribution is 2.18. The summed E-state index contributed by atoms with van der Waals surface area (Å²) in [6.45, 7) is 1.87. The predicted molar refractivity (Wildman–Crippen MR) is 109 cm³/mol. The van der Waals surface area contributed by atoms with Crippen LogP contribution in [0.25, 0.3) is 5.69 Å². The smallest absolute Gasteiger partial charge is 0.295 e. The van der Waals surface area contributed by atoms with E-state index in [-0.39, 0.29) is 5.56 Å². The molecule has 0 spiro atoms. The van der Waals surface area contributed by atoms with Crippen molar-refractivity contribution in [2.24, 2.45) is 7.05 Å². The third-order valence-electron chi connectivity index (χ3n) is 4.12. The molecule has 6 nitrogen and oxygen atoms in total. The Balaban J connectivity index is 1.86. The summed E-state index contributed by atoms with van der Waals surface area (Å²) in [5, 5.41) is 6.43. The van der Waals surface area contributed by atoms with Gasteiger partial charge in [0, 0.05) is 18.8 Å². The Bertz CT molecular complexity index is 993. The first-order valence-electron chi connectivity index (χ1n) is 8.07. The minimum absolute atomic E-state index is 0.161. The van der Waals surface area contributed by atoms with E-state index in [1.807, 2.05) is 68.6 Å². The standard InChI is InChI=1S/C19H20N4O2S/c1-13-17(18(24)23(22(13)2)15-9-5-4-6-10-15)21-19(26)20-14-8-7-11-16(12-14)25-3/h4-12H,1-3H3,(H2,20,21,26). The van der Waals surface area contributed by atoms with Gasteiger partial charge in [0.2, 0.25) is 0 Å². The Labute approximate surface area is 157 Å². The summed E-state index contributed by atoms with van der Waals surface area (Å²) in [6, 6.07) is 16.9. The largest absolute Gasteiger partial charge is 0.497 e. The lowest BCUT2D eigenvalue weighted by Gasteiger charge is -2.10. The van der Waals surface area contributed by atoms with Crippen molar-refractivity contribution in [1.82, 2.24) is 9.36 Å². The van der Waals surface area contributed by atoms with E-state index in [0.717, 1.165) is 22.8 Å². The summed E-state index contributed by atoms with van der Waals surface area (Å²) in [5.41, 5.74) is 2.64. The van der Waals surface area contributed by atoms with Gasteiger partial charge in [0.15, 0.2) is 5.11 Å². The molecule has 0 bridgehead atoms. The van der Waals surface area contributed by atoms with E-state index in [0.29, 0.717) is 10.8 Å². The van der Waals surface area contributed by atoms with Gasteiger partial charge in [-0.25, -0.2) is 4.68 Å². The van der Waals surface area contributed by atoms with Crippen molar-refractivity contribution in [3.63, 3.8) is 0 Å². The van der Waals surface area contributed by atoms with Crippen molar-refractivity contribution in [1.29, 1.82) is 0 Å². The van der Waals surface area contributed by atoms with Gasteiger partial charge in [-0.3, -0.25) is 9.48 Å². The van der Waals surface area contributed by atoms with E-state index in [4.69, 9.17) is 17.0 Å². The molecule has 7 heteroatoms. The molecule has 0 amide bonds. The maximum absolute atomic E-state index is 12.9. The third kappa shape index (κ3) is 3.48. The van der Waals surface area contributed by atoms with Gasteiger partial charge in [-0.2, -0.15) is 0 Å². The van der Waals surface area contributed by atoms with Crippen LogP contribution in [0.15, 0.2) is 59.4 Å². The molecule has 26 heavy (non-hydrogen) atoms. The highest BCUT2D eigenvalue weighted by molar-refractivity contribution is 7.80. The van der Waals surface area contributed by atoms with Gasteiger partial charge in [0.25, 0.3) is 5.56 Å². The monoisotopic (exact) mass is 368 g/mol. The minimum atomic E-state index is -0.161. The summed E-state index contributed by atoms with van der Waals surface area (Å²) in [4.78, 5) is 12.9. The molecule has 1 heterocycles. The average molecular weight is 368 g/mol. The van der Waals surface area contributed by atoms with Gasteiger partial charge >= 0.3 is 0 Å². The van der Waals surface area contributed by atoms with E-state index in [9.17, 15) is 4.79 Å². The Morgan fingerprint density at radius 2 is 1.81 bits per heavy atom. The molecule has 1 aromatic heterocycles. The van der Waals surface area contributed by atoms with E-state index >= 15 is 0 Å². The molecule has 0 aliphatic heterocycles. The Hall–Kier alpha value is -3.06. The molecule has 0 aliphatic rings. The van der Waals surface area contributed by atoms with Crippen molar-refractivity contribution in [2.45, 2.75) is 6.92 Å². The van der Waals surface area contributed by atoms with Crippen LogP contribution in [0.3, 0.4) is 0 Å². The summed E-state index contributed by atoms with van der Waals surface area (Å²) in [5.74, 6) is 0.722. The molecule has 0 saturated heterocycles. The number of nitrogens with one attached hydrogen (secondary N) is 2. The number of aromatic nitrogens is 2. The highest BCUT2D eigenvalue weighted by Gasteiger charge is 2.16. The molecule has 0 fully saturated rings. The van der Waals surface area contributed by atoms with E-state index < -0.39 is 0 Å². The normalized spacial score (nSPS) is 10.4. The maximum Gasteiger partial charge on any atom is 0.295 e. The SMILES string of the molecule is COc1cccc(NC(=S)Nc2c(C)n(C)n(-c3ccccc3)c2=O)c1. The van der Waals surface area contributed by atoms with Crippen LogP contribution in [-0.2, 0) is 7.05 Å². The van der Waals surface area contributed by atoms with Crippen LogP contribution in [0.1, 0.15) is 5.69 Å². The number of para-hydroxylation sites is 1. The fourth-order valence-corrected chi connectivity index (χ4v) is 2.91. The second-order valence-corrected chi connectivity index (χ2v) is 6.16. The quantitative estimate of drug-likeness (QED) is 0.692. The summed E-state index contributed by atoms with van der Waals surface area (Å²) in [6.07, 6.45) is 0. The molecule has 3 rings (SSSR count). The van der Waals surface area contributed by atoms with Crippen LogP contribution >= 0.6 is 12.2 Å². The van der Waals surface area contributed by atoms with Gasteiger partial charge in [-0.1, -0.05) is 24.3 Å². The zero-order valence-electron chi connectivity index (χ0n) is 14.8. The zero-order valence-corrected chi connectivity index (χ0v) is 15.6. The Kier molecular flexibility index (Phi) is 5.09. The van der Waals surface area contributed by atoms with Crippen LogP contribution in [0, 0.1) is 6.92 Å². The van der Waals surface area contributed by atoms with Crippen molar-refractivity contribution >= 4 is 28.7 Å². The first-order valence-corrected chi connectivity index (χ1v) is 8.48. The fraction of sp³-hybridized carbons (Fsp3) is 0.158. The number of rotatable bonds is 4. The Morgan fingerprint density at radius 1 is 1.08 bits per heavy atom. The molecule has 0 unspecified atom stereocenters. The van der Waals surface area contributed by atoms with E-state index in [2.05, 4.69) is 10.6 Å². The van der Waals surface area contributed by atoms with Crippen LogP contribution in [0.4, 0.5) is 11.4 Å². The average Bonchev–Trinajstić information content (AvgIpc) is 2.86. The first kappa shape index (κ1) is 17.8. The van der Waals surface area contributed by atoms with Crippen molar-refractivity contribution < 1.29 is 4.74 Å². The second kappa shape index (κ2) is 7.45. The van der Waals surface area contributed by atoms with Gasteiger partial charge in [0.05, 0.1) is 18.5 Å². The number of benzene rings is 2. The Morgan fingerprint density at radius 3 is 2.50 bits per heavy atom. The molecule has 2 aromatic carbocycles. The van der Waals surface area contributed by atoms with Crippen LogP contribution in [-0.4, -0.2) is 21.6 Å². The number of hydrogen-bond donors (Lipinski definition) is 2. The lowest BCUT2D eigenvalue weighted by atomic mass is 10.3. The fourth-order valence-electron chi connectivity index (χ4n) is 2.69. The maximum atomic E-state index is 12.9. The zero-order chi connectivity index (χ0) is 18.7. The van der Waals surface area contributed by atoms with Crippen molar-refractivity contribution in [2.75, 3.05) is 17.7 Å². The van der Waals surface area contributed by atoms with Gasteiger partial charge in [-0.15, -0.1) is 0 Å².